The van der Waals surface area contributed by atoms with Crippen molar-refractivity contribution in [2.24, 2.45) is 0 Å². The van der Waals surface area contributed by atoms with Gasteiger partial charge < -0.3 is 10.1 Å². The number of hydrogen-bond acceptors (Lipinski definition) is 3. The fourth-order valence-corrected chi connectivity index (χ4v) is 2.32. The average Bonchev–Trinajstić information content (AvgIpc) is 2.48. The molecule has 2 rings (SSSR count). The number of rotatable bonds is 8. The predicted octanol–water partition coefficient (Wildman–Crippen LogP) is 3.78. The Morgan fingerprint density at radius 3 is 2.85 bits per heavy atom. The van der Waals surface area contributed by atoms with Crippen molar-refractivity contribution in [3.8, 4) is 5.75 Å². The molecular weight excluding hydrogens is 248 g/mol. The van der Waals surface area contributed by atoms with Gasteiger partial charge in [0.15, 0.2) is 0 Å². The first-order valence-corrected chi connectivity index (χ1v) is 7.56. The number of aromatic nitrogens is 1. The summed E-state index contributed by atoms with van der Waals surface area (Å²) in [6, 6.07) is 10.1. The normalized spacial score (nSPS) is 12.5. The van der Waals surface area contributed by atoms with Crippen molar-refractivity contribution in [1.82, 2.24) is 10.3 Å². The standard InChI is InChI=1S/C17H24N2O/c1-3-7-14(13-18-11-4-2)20-17-10-5-9-16-15(17)8-6-12-19-16/h5-6,8-10,12,14,18H,3-4,7,11,13H2,1-2H3. The number of pyridine rings is 1. The van der Waals surface area contributed by atoms with E-state index in [0.717, 1.165) is 49.0 Å². The zero-order valence-corrected chi connectivity index (χ0v) is 12.4. The van der Waals surface area contributed by atoms with Gasteiger partial charge >= 0.3 is 0 Å². The van der Waals surface area contributed by atoms with E-state index in [4.69, 9.17) is 4.74 Å². The molecule has 0 fully saturated rings. The minimum atomic E-state index is 0.220. The SMILES string of the molecule is CCCNCC(CCC)Oc1cccc2ncccc12. The third-order valence-corrected chi connectivity index (χ3v) is 3.31. The second-order valence-electron chi connectivity index (χ2n) is 5.06. The zero-order chi connectivity index (χ0) is 14.2. The summed E-state index contributed by atoms with van der Waals surface area (Å²) in [6.45, 7) is 6.32. The van der Waals surface area contributed by atoms with Gasteiger partial charge in [-0.2, -0.15) is 0 Å². The third kappa shape index (κ3) is 3.94. The molecule has 0 radical (unpaired) electrons. The molecule has 108 valence electrons. The molecule has 0 amide bonds. The predicted molar refractivity (Wildman–Crippen MR) is 84.2 cm³/mol. The first-order chi connectivity index (χ1) is 9.85. The molecule has 0 spiro atoms. The lowest BCUT2D eigenvalue weighted by molar-refractivity contribution is 0.189. The van der Waals surface area contributed by atoms with Crippen molar-refractivity contribution in [2.45, 2.75) is 39.2 Å². The van der Waals surface area contributed by atoms with Crippen LogP contribution >= 0.6 is 0 Å². The van der Waals surface area contributed by atoms with E-state index in [9.17, 15) is 0 Å². The molecule has 1 unspecified atom stereocenters. The van der Waals surface area contributed by atoms with Crippen LogP contribution in [-0.4, -0.2) is 24.2 Å². The molecule has 0 bridgehead atoms. The molecule has 1 aromatic carbocycles. The van der Waals surface area contributed by atoms with Crippen molar-refractivity contribution in [2.75, 3.05) is 13.1 Å². The summed E-state index contributed by atoms with van der Waals surface area (Å²) in [7, 11) is 0. The number of hydrogen-bond donors (Lipinski definition) is 1. The largest absolute Gasteiger partial charge is 0.488 e. The third-order valence-electron chi connectivity index (χ3n) is 3.31. The summed E-state index contributed by atoms with van der Waals surface area (Å²) in [4.78, 5) is 4.37. The van der Waals surface area contributed by atoms with Gasteiger partial charge in [-0.05, 0) is 43.7 Å². The molecule has 1 aromatic heterocycles. The van der Waals surface area contributed by atoms with Crippen LogP contribution in [0.15, 0.2) is 36.5 Å². The highest BCUT2D eigenvalue weighted by Crippen LogP contribution is 2.25. The Hall–Kier alpha value is -1.61. The zero-order valence-electron chi connectivity index (χ0n) is 12.4. The van der Waals surface area contributed by atoms with Crippen molar-refractivity contribution < 1.29 is 4.74 Å². The van der Waals surface area contributed by atoms with E-state index in [1.165, 1.54) is 0 Å². The van der Waals surface area contributed by atoms with E-state index in [-0.39, 0.29) is 6.10 Å². The van der Waals surface area contributed by atoms with Crippen LogP contribution in [0, 0.1) is 0 Å². The molecule has 2 aromatic rings. The molecule has 1 heterocycles. The highest BCUT2D eigenvalue weighted by molar-refractivity contribution is 5.84. The summed E-state index contributed by atoms with van der Waals surface area (Å²) in [5.74, 6) is 0.937. The molecule has 0 aliphatic rings. The minimum absolute atomic E-state index is 0.220. The summed E-state index contributed by atoms with van der Waals surface area (Å²) in [5.41, 5.74) is 0.988. The monoisotopic (exact) mass is 272 g/mol. The highest BCUT2D eigenvalue weighted by atomic mass is 16.5. The van der Waals surface area contributed by atoms with Crippen LogP contribution in [0.3, 0.4) is 0 Å². The quantitative estimate of drug-likeness (QED) is 0.743. The van der Waals surface area contributed by atoms with Crippen molar-refractivity contribution in [3.05, 3.63) is 36.5 Å². The van der Waals surface area contributed by atoms with Gasteiger partial charge in [-0.15, -0.1) is 0 Å². The molecule has 3 nitrogen and oxygen atoms in total. The van der Waals surface area contributed by atoms with Crippen LogP contribution in [-0.2, 0) is 0 Å². The number of nitrogens with zero attached hydrogens (tertiary/aromatic N) is 1. The maximum atomic E-state index is 6.21. The summed E-state index contributed by atoms with van der Waals surface area (Å²) >= 11 is 0. The van der Waals surface area contributed by atoms with E-state index >= 15 is 0 Å². The summed E-state index contributed by atoms with van der Waals surface area (Å²) < 4.78 is 6.21. The lowest BCUT2D eigenvalue weighted by Crippen LogP contribution is -2.31. The van der Waals surface area contributed by atoms with Crippen LogP contribution in [0.1, 0.15) is 33.1 Å². The van der Waals surface area contributed by atoms with Gasteiger partial charge in [0.1, 0.15) is 11.9 Å². The molecular formula is C17H24N2O. The number of fused-ring (bicyclic) bond motifs is 1. The molecule has 0 saturated heterocycles. The molecule has 3 heteroatoms. The molecule has 0 saturated carbocycles. The average molecular weight is 272 g/mol. The summed E-state index contributed by atoms with van der Waals surface area (Å²) in [6.07, 6.45) is 5.38. The topological polar surface area (TPSA) is 34.1 Å². The van der Waals surface area contributed by atoms with Crippen molar-refractivity contribution in [1.29, 1.82) is 0 Å². The maximum Gasteiger partial charge on any atom is 0.129 e. The second kappa shape index (κ2) is 7.85. The van der Waals surface area contributed by atoms with Crippen LogP contribution < -0.4 is 10.1 Å². The van der Waals surface area contributed by atoms with Crippen LogP contribution in [0.2, 0.25) is 0 Å². The fraction of sp³-hybridized carbons (Fsp3) is 0.471. The molecule has 0 aliphatic carbocycles. The smallest absolute Gasteiger partial charge is 0.129 e. The van der Waals surface area contributed by atoms with Gasteiger partial charge in [-0.25, -0.2) is 0 Å². The van der Waals surface area contributed by atoms with Gasteiger partial charge in [-0.1, -0.05) is 26.3 Å². The van der Waals surface area contributed by atoms with E-state index < -0.39 is 0 Å². The lowest BCUT2D eigenvalue weighted by atomic mass is 10.1. The second-order valence-corrected chi connectivity index (χ2v) is 5.06. The first kappa shape index (κ1) is 14.8. The minimum Gasteiger partial charge on any atom is -0.488 e. The Kier molecular flexibility index (Phi) is 5.81. The van der Waals surface area contributed by atoms with Gasteiger partial charge in [-0.3, -0.25) is 4.98 Å². The molecule has 1 N–H and O–H groups in total. The lowest BCUT2D eigenvalue weighted by Gasteiger charge is -2.20. The Bertz CT molecular complexity index is 522. The van der Waals surface area contributed by atoms with Gasteiger partial charge in [0, 0.05) is 18.1 Å². The van der Waals surface area contributed by atoms with E-state index in [1.54, 1.807) is 0 Å². The van der Waals surface area contributed by atoms with Crippen LogP contribution in [0.5, 0.6) is 5.75 Å². The van der Waals surface area contributed by atoms with E-state index in [1.807, 2.05) is 30.5 Å². The number of ether oxygens (including phenoxy) is 1. The highest BCUT2D eigenvalue weighted by Gasteiger charge is 2.11. The Morgan fingerprint density at radius 2 is 2.05 bits per heavy atom. The summed E-state index contributed by atoms with van der Waals surface area (Å²) in [5, 5.41) is 4.54. The van der Waals surface area contributed by atoms with E-state index in [2.05, 4.69) is 30.2 Å². The Balaban J connectivity index is 2.11. The Labute approximate surface area is 121 Å². The molecule has 1 atom stereocenters. The number of benzene rings is 1. The van der Waals surface area contributed by atoms with Gasteiger partial charge in [0.25, 0.3) is 0 Å². The molecule has 0 aliphatic heterocycles. The van der Waals surface area contributed by atoms with Crippen LogP contribution in [0.4, 0.5) is 0 Å². The van der Waals surface area contributed by atoms with Crippen LogP contribution in [0.25, 0.3) is 10.9 Å². The van der Waals surface area contributed by atoms with Gasteiger partial charge in [0.05, 0.1) is 5.52 Å². The first-order valence-electron chi connectivity index (χ1n) is 7.56. The maximum absolute atomic E-state index is 6.21. The molecule has 20 heavy (non-hydrogen) atoms. The van der Waals surface area contributed by atoms with Gasteiger partial charge in [0.2, 0.25) is 0 Å². The van der Waals surface area contributed by atoms with Crippen molar-refractivity contribution in [3.63, 3.8) is 0 Å². The number of nitrogens with one attached hydrogen (secondary N) is 1. The van der Waals surface area contributed by atoms with Crippen molar-refractivity contribution >= 4 is 10.9 Å². The fourth-order valence-electron chi connectivity index (χ4n) is 2.32. The van der Waals surface area contributed by atoms with E-state index in [0.29, 0.717) is 0 Å². The Morgan fingerprint density at radius 1 is 1.15 bits per heavy atom.